The fourth-order valence-electron chi connectivity index (χ4n) is 3.27. The lowest BCUT2D eigenvalue weighted by Crippen LogP contribution is -2.17. The molecular formula is C27H20Cl2OS2. The Hall–Kier alpha value is -2.17. The summed E-state index contributed by atoms with van der Waals surface area (Å²) >= 11 is 15.2. The molecule has 4 aromatic rings. The molecule has 2 unspecified atom stereocenters. The van der Waals surface area contributed by atoms with Crippen molar-refractivity contribution in [1.82, 2.24) is 0 Å². The second-order valence-electron chi connectivity index (χ2n) is 7.13. The van der Waals surface area contributed by atoms with Gasteiger partial charge in [0.25, 0.3) is 0 Å². The van der Waals surface area contributed by atoms with Gasteiger partial charge < -0.3 is 0 Å². The van der Waals surface area contributed by atoms with E-state index >= 15 is 0 Å². The molecule has 5 heteroatoms. The highest BCUT2D eigenvalue weighted by Gasteiger charge is 2.31. The molecule has 4 rings (SSSR count). The number of carbonyl (C=O) groups excluding carboxylic acids is 1. The van der Waals surface area contributed by atoms with E-state index in [-0.39, 0.29) is 16.3 Å². The van der Waals surface area contributed by atoms with Crippen molar-refractivity contribution in [2.45, 2.75) is 20.3 Å². The van der Waals surface area contributed by atoms with Gasteiger partial charge in [-0.3, -0.25) is 4.79 Å². The Morgan fingerprint density at radius 1 is 0.531 bits per heavy atom. The van der Waals surface area contributed by atoms with Gasteiger partial charge >= 0.3 is 0 Å². The van der Waals surface area contributed by atoms with Crippen molar-refractivity contribution in [2.24, 2.45) is 0 Å². The highest BCUT2D eigenvalue weighted by atomic mass is 35.5. The molecule has 0 heterocycles. The number of carbonyl (C=O) groups is 1. The summed E-state index contributed by atoms with van der Waals surface area (Å²) in [5.41, 5.74) is 1.96. The second kappa shape index (κ2) is 11.1. The first kappa shape index (κ1) is 23.0. The van der Waals surface area contributed by atoms with Gasteiger partial charge in [-0.15, -0.1) is 23.5 Å². The molecule has 0 saturated carbocycles. The van der Waals surface area contributed by atoms with E-state index in [1.807, 2.05) is 109 Å². The summed E-state index contributed by atoms with van der Waals surface area (Å²) in [5.74, 6) is 0.141. The highest BCUT2D eigenvalue weighted by molar-refractivity contribution is 8.01. The van der Waals surface area contributed by atoms with Crippen LogP contribution >= 0.6 is 46.7 Å². The summed E-state index contributed by atoms with van der Waals surface area (Å²) in [6.07, 6.45) is 0. The Kier molecular flexibility index (Phi) is 7.99. The van der Waals surface area contributed by atoms with Crippen LogP contribution in [0.15, 0.2) is 119 Å². The minimum atomic E-state index is -0.359. The fraction of sp³-hybridized carbons (Fsp3) is 0.0741. The Bertz CT molecular complexity index is 1050. The normalized spacial score (nSPS) is 12.8. The van der Waals surface area contributed by atoms with Crippen molar-refractivity contribution in [3.8, 4) is 0 Å². The molecule has 160 valence electrons. The fourth-order valence-corrected chi connectivity index (χ4v) is 5.83. The van der Waals surface area contributed by atoms with E-state index in [4.69, 9.17) is 23.2 Å². The number of rotatable bonds is 8. The van der Waals surface area contributed by atoms with E-state index in [1.54, 1.807) is 23.5 Å². The molecule has 0 N–H and O–H groups in total. The largest absolute Gasteiger partial charge is 0.296 e. The maximum atomic E-state index is 14.1. The molecule has 2 atom stereocenters. The molecule has 0 spiro atoms. The van der Waals surface area contributed by atoms with Gasteiger partial charge in [-0.2, -0.15) is 0 Å². The maximum absolute atomic E-state index is 14.1. The summed E-state index contributed by atoms with van der Waals surface area (Å²) in [4.78, 5) is 16.1. The van der Waals surface area contributed by atoms with Crippen LogP contribution in [-0.4, -0.2) is 5.78 Å². The molecule has 0 aliphatic heterocycles. The van der Waals surface area contributed by atoms with Gasteiger partial charge in [-0.1, -0.05) is 83.9 Å². The van der Waals surface area contributed by atoms with Gasteiger partial charge in [0.05, 0.1) is 10.5 Å². The number of thioether (sulfide) groups is 2. The topological polar surface area (TPSA) is 17.1 Å². The summed E-state index contributed by atoms with van der Waals surface area (Å²) in [7, 11) is 0. The van der Waals surface area contributed by atoms with Gasteiger partial charge in [-0.25, -0.2) is 0 Å². The van der Waals surface area contributed by atoms with E-state index in [9.17, 15) is 4.79 Å². The van der Waals surface area contributed by atoms with E-state index in [0.29, 0.717) is 10.0 Å². The quantitative estimate of drug-likeness (QED) is 0.227. The number of halogens is 2. The van der Waals surface area contributed by atoms with E-state index in [0.717, 1.165) is 20.9 Å². The van der Waals surface area contributed by atoms with Crippen molar-refractivity contribution in [3.05, 3.63) is 130 Å². The predicted octanol–water partition coefficient (Wildman–Crippen LogP) is 8.93. The van der Waals surface area contributed by atoms with Crippen LogP contribution in [0.2, 0.25) is 10.0 Å². The van der Waals surface area contributed by atoms with Crippen molar-refractivity contribution >= 4 is 52.5 Å². The zero-order chi connectivity index (χ0) is 22.3. The lowest BCUT2D eigenvalue weighted by atomic mass is 10.0. The third kappa shape index (κ3) is 5.99. The van der Waals surface area contributed by atoms with Gasteiger partial charge in [0, 0.05) is 19.8 Å². The highest BCUT2D eigenvalue weighted by Crippen LogP contribution is 2.45. The molecule has 0 radical (unpaired) electrons. The van der Waals surface area contributed by atoms with Gasteiger partial charge in [0.15, 0.2) is 5.78 Å². The average molecular weight is 495 g/mol. The monoisotopic (exact) mass is 494 g/mol. The smallest absolute Gasteiger partial charge is 0.168 e. The molecule has 0 bridgehead atoms. The average Bonchev–Trinajstić information content (AvgIpc) is 2.84. The van der Waals surface area contributed by atoms with Crippen LogP contribution in [0.25, 0.3) is 0 Å². The summed E-state index contributed by atoms with van der Waals surface area (Å²) in [6, 6.07) is 35.1. The van der Waals surface area contributed by atoms with Gasteiger partial charge in [-0.05, 0) is 59.7 Å². The summed E-state index contributed by atoms with van der Waals surface area (Å²) in [6.45, 7) is 0. The van der Waals surface area contributed by atoms with Crippen LogP contribution in [-0.2, 0) is 4.79 Å². The summed E-state index contributed by atoms with van der Waals surface area (Å²) in [5, 5.41) is 0.638. The molecule has 0 amide bonds. The maximum Gasteiger partial charge on any atom is 0.168 e. The Balaban J connectivity index is 1.71. The SMILES string of the molecule is O=C(C(Sc1ccc(Cl)cc1)c1ccccc1)C(Sc1ccc(Cl)cc1)c1ccccc1. The first-order chi connectivity index (χ1) is 15.6. The zero-order valence-electron chi connectivity index (χ0n) is 17.0. The first-order valence-electron chi connectivity index (χ1n) is 10.1. The van der Waals surface area contributed by atoms with Crippen LogP contribution in [0.4, 0.5) is 0 Å². The van der Waals surface area contributed by atoms with Crippen LogP contribution in [0.1, 0.15) is 21.6 Å². The second-order valence-corrected chi connectivity index (χ2v) is 10.4. The molecule has 0 aromatic heterocycles. The molecule has 0 aliphatic rings. The summed E-state index contributed by atoms with van der Waals surface area (Å²) < 4.78 is 0. The number of hydrogen-bond donors (Lipinski definition) is 0. The van der Waals surface area contributed by atoms with Crippen LogP contribution in [0.5, 0.6) is 0 Å². The van der Waals surface area contributed by atoms with E-state index < -0.39 is 0 Å². The van der Waals surface area contributed by atoms with Gasteiger partial charge in [0.2, 0.25) is 0 Å². The Morgan fingerprint density at radius 3 is 1.22 bits per heavy atom. The molecule has 0 aliphatic carbocycles. The van der Waals surface area contributed by atoms with Crippen LogP contribution in [0.3, 0.4) is 0 Å². The standard InChI is InChI=1S/C27H20Cl2OS2/c28-21-11-15-23(16-12-21)31-26(19-7-3-1-4-8-19)25(30)27(20-9-5-2-6-10-20)32-24-17-13-22(29)14-18-24/h1-18,26-27H. The zero-order valence-corrected chi connectivity index (χ0v) is 20.2. The van der Waals surface area contributed by atoms with Crippen LogP contribution < -0.4 is 0 Å². The number of benzene rings is 4. The molecule has 4 aromatic carbocycles. The minimum absolute atomic E-state index is 0.141. The van der Waals surface area contributed by atoms with Crippen molar-refractivity contribution in [2.75, 3.05) is 0 Å². The van der Waals surface area contributed by atoms with Crippen molar-refractivity contribution in [1.29, 1.82) is 0 Å². The molecule has 0 saturated heterocycles. The Labute approximate surface area is 207 Å². The number of hydrogen-bond acceptors (Lipinski definition) is 3. The molecule has 0 fully saturated rings. The molecular weight excluding hydrogens is 475 g/mol. The lowest BCUT2D eigenvalue weighted by Gasteiger charge is -2.23. The minimum Gasteiger partial charge on any atom is -0.296 e. The van der Waals surface area contributed by atoms with E-state index in [2.05, 4.69) is 0 Å². The lowest BCUT2D eigenvalue weighted by molar-refractivity contribution is -0.118. The first-order valence-corrected chi connectivity index (χ1v) is 12.6. The third-order valence-electron chi connectivity index (χ3n) is 4.86. The Morgan fingerprint density at radius 2 is 0.875 bits per heavy atom. The molecule has 1 nitrogen and oxygen atoms in total. The van der Waals surface area contributed by atoms with Crippen molar-refractivity contribution < 1.29 is 4.79 Å². The van der Waals surface area contributed by atoms with Crippen LogP contribution in [0, 0.1) is 0 Å². The van der Waals surface area contributed by atoms with E-state index in [1.165, 1.54) is 0 Å². The van der Waals surface area contributed by atoms with Gasteiger partial charge in [0.1, 0.15) is 0 Å². The number of Topliss-reactive ketones (excluding diaryl/α,β-unsaturated/α-hetero) is 1. The van der Waals surface area contributed by atoms with Crippen molar-refractivity contribution in [3.63, 3.8) is 0 Å². The number of ketones is 1. The predicted molar refractivity (Wildman–Crippen MR) is 138 cm³/mol. The third-order valence-corrected chi connectivity index (χ3v) is 7.93. The molecule has 32 heavy (non-hydrogen) atoms.